The number of piperidine rings is 1. The van der Waals surface area contributed by atoms with Crippen LogP contribution < -0.4 is 9.80 Å². The Bertz CT molecular complexity index is 1170. The van der Waals surface area contributed by atoms with Crippen LogP contribution in [0.2, 0.25) is 0 Å². The molecule has 0 spiro atoms. The van der Waals surface area contributed by atoms with Crippen LogP contribution in [0.15, 0.2) is 42.5 Å². The van der Waals surface area contributed by atoms with E-state index in [1.807, 2.05) is 12.1 Å². The Labute approximate surface area is 211 Å². The number of carbonyl (C=O) groups excluding carboxylic acids is 1. The number of nitriles is 1. The number of ether oxygens (including phenoxy) is 1. The van der Waals surface area contributed by atoms with E-state index in [9.17, 15) is 28.1 Å². The Morgan fingerprint density at radius 2 is 1.59 bits per heavy atom. The molecule has 0 unspecified atom stereocenters. The van der Waals surface area contributed by atoms with E-state index in [1.54, 1.807) is 21.9 Å². The van der Waals surface area contributed by atoms with Gasteiger partial charge >= 0.3 is 6.18 Å². The maximum absolute atomic E-state index is 13.3. The lowest BCUT2D eigenvalue weighted by Crippen LogP contribution is -2.50. The first-order valence-electron chi connectivity index (χ1n) is 11.9. The van der Waals surface area contributed by atoms with Gasteiger partial charge in [-0.15, -0.1) is 0 Å². The molecule has 0 radical (unpaired) electrons. The Hall–Kier alpha value is -3.85. The van der Waals surface area contributed by atoms with Crippen LogP contribution in [0.25, 0.3) is 0 Å². The monoisotopic (exact) mass is 517 g/mol. The van der Waals surface area contributed by atoms with Gasteiger partial charge in [-0.2, -0.15) is 18.4 Å². The summed E-state index contributed by atoms with van der Waals surface area (Å²) < 4.78 is 45.7. The standard InChI is InChI=1S/C25H26F3N5O4/c26-25(27,28)22-15-20(5-6-23(22)33(35)36)30-9-7-21(8-10-30)37-17-24(34)32-13-11-31(12-14-32)19-3-1-18(16-29)2-4-19/h1-6,15,21H,7-14,17H2. The molecule has 4 rings (SSSR count). The fraction of sp³-hybridized carbons (Fsp3) is 0.440. The van der Waals surface area contributed by atoms with Gasteiger partial charge in [-0.1, -0.05) is 0 Å². The number of nitrogens with zero attached hydrogens (tertiary/aromatic N) is 5. The van der Waals surface area contributed by atoms with Gasteiger partial charge in [0.05, 0.1) is 22.7 Å². The lowest BCUT2D eigenvalue weighted by Gasteiger charge is -2.37. The van der Waals surface area contributed by atoms with E-state index >= 15 is 0 Å². The predicted molar refractivity (Wildman–Crippen MR) is 129 cm³/mol. The molecule has 0 aromatic heterocycles. The third-order valence-electron chi connectivity index (χ3n) is 6.73. The van der Waals surface area contributed by atoms with Crippen molar-refractivity contribution in [3.8, 4) is 6.07 Å². The summed E-state index contributed by atoms with van der Waals surface area (Å²) in [7, 11) is 0. The summed E-state index contributed by atoms with van der Waals surface area (Å²) in [6.07, 6.45) is -3.97. The molecule has 0 bridgehead atoms. The second-order valence-corrected chi connectivity index (χ2v) is 8.98. The van der Waals surface area contributed by atoms with E-state index < -0.39 is 22.4 Å². The molecule has 0 atom stereocenters. The zero-order chi connectivity index (χ0) is 26.6. The number of halogens is 3. The molecule has 12 heteroatoms. The van der Waals surface area contributed by atoms with E-state index in [1.165, 1.54) is 6.07 Å². The number of anilines is 2. The normalized spacial score (nSPS) is 17.0. The molecule has 9 nitrogen and oxygen atoms in total. The minimum absolute atomic E-state index is 0.0582. The molecule has 2 saturated heterocycles. The van der Waals surface area contributed by atoms with Crippen molar-refractivity contribution in [3.05, 3.63) is 63.7 Å². The smallest absolute Gasteiger partial charge is 0.371 e. The molecule has 37 heavy (non-hydrogen) atoms. The lowest BCUT2D eigenvalue weighted by molar-refractivity contribution is -0.388. The highest BCUT2D eigenvalue weighted by molar-refractivity contribution is 5.77. The molecule has 1 amide bonds. The third kappa shape index (κ3) is 6.29. The molecule has 2 aliphatic heterocycles. The van der Waals surface area contributed by atoms with Crippen LogP contribution in [-0.4, -0.2) is 67.7 Å². The Morgan fingerprint density at radius 3 is 2.16 bits per heavy atom. The average Bonchev–Trinajstić information content (AvgIpc) is 2.91. The molecular weight excluding hydrogens is 491 g/mol. The van der Waals surface area contributed by atoms with Crippen LogP contribution in [-0.2, 0) is 15.7 Å². The van der Waals surface area contributed by atoms with Gasteiger partial charge < -0.3 is 19.4 Å². The van der Waals surface area contributed by atoms with Gasteiger partial charge in [0.15, 0.2) is 0 Å². The van der Waals surface area contributed by atoms with Crippen LogP contribution in [0.5, 0.6) is 0 Å². The summed E-state index contributed by atoms with van der Waals surface area (Å²) in [5.41, 5.74) is -0.361. The molecule has 2 fully saturated rings. The van der Waals surface area contributed by atoms with E-state index in [2.05, 4.69) is 11.0 Å². The number of benzene rings is 2. The van der Waals surface area contributed by atoms with Gasteiger partial charge in [-0.3, -0.25) is 14.9 Å². The van der Waals surface area contributed by atoms with Crippen molar-refractivity contribution in [1.82, 2.24) is 4.90 Å². The first kappa shape index (κ1) is 26.2. The number of amides is 1. The zero-order valence-electron chi connectivity index (χ0n) is 20.0. The van der Waals surface area contributed by atoms with Crippen LogP contribution in [0.3, 0.4) is 0 Å². The SMILES string of the molecule is N#Cc1ccc(N2CCN(C(=O)COC3CCN(c4ccc([N+](=O)[O-])c(C(F)(F)F)c4)CC3)CC2)cc1. The fourth-order valence-electron chi connectivity index (χ4n) is 4.63. The Morgan fingerprint density at radius 1 is 1.00 bits per heavy atom. The fourth-order valence-corrected chi connectivity index (χ4v) is 4.63. The Balaban J connectivity index is 1.23. The highest BCUT2D eigenvalue weighted by atomic mass is 19.4. The molecule has 0 saturated carbocycles. The highest BCUT2D eigenvalue weighted by Gasteiger charge is 2.39. The van der Waals surface area contributed by atoms with Gasteiger partial charge in [0.2, 0.25) is 5.91 Å². The lowest BCUT2D eigenvalue weighted by atomic mass is 10.1. The molecule has 0 aliphatic carbocycles. The minimum Gasteiger partial charge on any atom is -0.371 e. The van der Waals surface area contributed by atoms with Gasteiger partial charge in [-0.05, 0) is 49.2 Å². The number of piperazine rings is 1. The van der Waals surface area contributed by atoms with Gasteiger partial charge in [-0.25, -0.2) is 0 Å². The van der Waals surface area contributed by atoms with Crippen molar-refractivity contribution in [1.29, 1.82) is 5.26 Å². The van der Waals surface area contributed by atoms with Crippen molar-refractivity contribution in [2.24, 2.45) is 0 Å². The molecule has 196 valence electrons. The van der Waals surface area contributed by atoms with Gasteiger partial charge in [0.1, 0.15) is 12.2 Å². The molecule has 2 heterocycles. The minimum atomic E-state index is -4.83. The first-order chi connectivity index (χ1) is 17.7. The maximum Gasteiger partial charge on any atom is 0.423 e. The molecule has 2 aromatic carbocycles. The quantitative estimate of drug-likeness (QED) is 0.424. The van der Waals surface area contributed by atoms with Gasteiger partial charge in [0.25, 0.3) is 5.69 Å². The van der Waals surface area contributed by atoms with Crippen molar-refractivity contribution in [3.63, 3.8) is 0 Å². The number of nitro groups is 1. The number of rotatable bonds is 6. The number of alkyl halides is 3. The summed E-state index contributed by atoms with van der Waals surface area (Å²) >= 11 is 0. The Kier molecular flexibility index (Phi) is 7.83. The van der Waals surface area contributed by atoms with E-state index in [0.29, 0.717) is 57.7 Å². The van der Waals surface area contributed by atoms with Crippen molar-refractivity contribution in [2.45, 2.75) is 25.1 Å². The topological polar surface area (TPSA) is 103 Å². The zero-order valence-corrected chi connectivity index (χ0v) is 20.0. The number of carbonyl (C=O) groups is 1. The van der Waals surface area contributed by atoms with Gasteiger partial charge in [0, 0.05) is 56.7 Å². The van der Waals surface area contributed by atoms with Crippen molar-refractivity contribution >= 4 is 23.0 Å². The maximum atomic E-state index is 13.3. The number of hydrogen-bond acceptors (Lipinski definition) is 7. The average molecular weight is 518 g/mol. The molecule has 2 aromatic rings. The second-order valence-electron chi connectivity index (χ2n) is 8.98. The molecule has 2 aliphatic rings. The summed E-state index contributed by atoms with van der Waals surface area (Å²) in [6.45, 7) is 3.23. The first-order valence-corrected chi connectivity index (χ1v) is 11.9. The summed E-state index contributed by atoms with van der Waals surface area (Å²) in [4.78, 5) is 28.2. The van der Waals surface area contributed by atoms with Crippen molar-refractivity contribution < 1.29 is 27.6 Å². The van der Waals surface area contributed by atoms with E-state index in [0.717, 1.165) is 17.8 Å². The third-order valence-corrected chi connectivity index (χ3v) is 6.73. The van der Waals surface area contributed by atoms with Crippen molar-refractivity contribution in [2.75, 3.05) is 55.7 Å². The van der Waals surface area contributed by atoms with E-state index in [4.69, 9.17) is 10.00 Å². The molecular formula is C25H26F3N5O4. The number of hydrogen-bond donors (Lipinski definition) is 0. The summed E-state index contributed by atoms with van der Waals surface area (Å²) in [5, 5.41) is 19.9. The highest BCUT2D eigenvalue weighted by Crippen LogP contribution is 2.38. The second kappa shape index (κ2) is 11.0. The largest absolute Gasteiger partial charge is 0.423 e. The van der Waals surface area contributed by atoms with Crippen LogP contribution in [0.4, 0.5) is 30.2 Å². The van der Waals surface area contributed by atoms with Crippen LogP contribution in [0, 0.1) is 21.4 Å². The van der Waals surface area contributed by atoms with Crippen LogP contribution in [0.1, 0.15) is 24.0 Å². The summed E-state index contributed by atoms with van der Waals surface area (Å²) in [6, 6.07) is 12.5. The molecule has 0 N–H and O–H groups in total. The number of nitro benzene ring substituents is 1. The van der Waals surface area contributed by atoms with Crippen LogP contribution >= 0.6 is 0 Å². The predicted octanol–water partition coefficient (Wildman–Crippen LogP) is 3.82. The summed E-state index contributed by atoms with van der Waals surface area (Å²) in [5.74, 6) is -0.105. The van der Waals surface area contributed by atoms with E-state index in [-0.39, 0.29) is 24.3 Å².